The lowest BCUT2D eigenvalue weighted by Crippen LogP contribution is -2.33. The van der Waals surface area contributed by atoms with Crippen molar-refractivity contribution in [2.24, 2.45) is 5.92 Å². The maximum Gasteiger partial charge on any atom is 0.308 e. The van der Waals surface area contributed by atoms with Crippen molar-refractivity contribution in [2.75, 3.05) is 29.2 Å². The van der Waals surface area contributed by atoms with E-state index >= 15 is 0 Å². The van der Waals surface area contributed by atoms with Gasteiger partial charge in [-0.1, -0.05) is 51.2 Å². The molecule has 42 heavy (non-hydrogen) atoms. The smallest absolute Gasteiger partial charge is 0.308 e. The number of nitrogens with one attached hydrogen (secondary N) is 1. The number of amides is 3. The molecule has 2 aliphatic heterocycles. The van der Waals surface area contributed by atoms with Crippen LogP contribution in [0, 0.1) is 5.92 Å². The average molecular weight is 666 g/mol. The zero-order valence-electron chi connectivity index (χ0n) is 22.5. The summed E-state index contributed by atoms with van der Waals surface area (Å²) >= 11 is 5.59. The number of phenolic OH excluding ortho intramolecular Hbond substituents is 1. The second-order valence-corrected chi connectivity index (χ2v) is 13.3. The summed E-state index contributed by atoms with van der Waals surface area (Å²) in [7, 11) is 3.87. The summed E-state index contributed by atoms with van der Waals surface area (Å²) in [6.07, 6.45) is 0. The van der Waals surface area contributed by atoms with Crippen molar-refractivity contribution in [3.63, 3.8) is 0 Å². The van der Waals surface area contributed by atoms with Gasteiger partial charge in [-0.15, -0.1) is 0 Å². The Labute approximate surface area is 257 Å². The van der Waals surface area contributed by atoms with Crippen molar-refractivity contribution in [2.45, 2.75) is 22.7 Å². The molecule has 0 radical (unpaired) electrons. The first-order valence-electron chi connectivity index (χ1n) is 13.0. The number of hydrogen-bond donors (Lipinski definition) is 2. The highest BCUT2D eigenvalue weighted by molar-refractivity contribution is 9.10. The molecule has 0 saturated carbocycles. The number of halogens is 1. The molecule has 6 rings (SSSR count). The van der Waals surface area contributed by atoms with Crippen LogP contribution in [0.3, 0.4) is 0 Å². The minimum absolute atomic E-state index is 0.0692. The van der Waals surface area contributed by atoms with Gasteiger partial charge in [0.25, 0.3) is 0 Å². The van der Waals surface area contributed by atoms with Crippen LogP contribution in [0.4, 0.5) is 17.1 Å². The Bertz CT molecular complexity index is 1750. The van der Waals surface area contributed by atoms with E-state index in [-0.39, 0.29) is 29.0 Å². The molecule has 3 amide bonds. The lowest BCUT2D eigenvalue weighted by Gasteiger charge is -2.31. The Hall–Kier alpha value is -3.87. The van der Waals surface area contributed by atoms with Crippen molar-refractivity contribution in [3.8, 4) is 5.75 Å². The largest absolute Gasteiger partial charge is 0.508 e. The van der Waals surface area contributed by atoms with E-state index in [2.05, 4.69) is 21.2 Å². The van der Waals surface area contributed by atoms with E-state index in [9.17, 15) is 24.3 Å². The topological polar surface area (TPSA) is 112 Å². The summed E-state index contributed by atoms with van der Waals surface area (Å²) in [4.78, 5) is 57.7. The van der Waals surface area contributed by atoms with Gasteiger partial charge in [-0.3, -0.25) is 23.7 Å². The first-order chi connectivity index (χ1) is 20.1. The van der Waals surface area contributed by atoms with Crippen LogP contribution >= 0.6 is 39.0 Å². The quantitative estimate of drug-likeness (QED) is 0.223. The molecule has 1 aromatic heterocycles. The second-order valence-electron chi connectivity index (χ2n) is 10.2. The fourth-order valence-electron chi connectivity index (χ4n) is 5.33. The van der Waals surface area contributed by atoms with Crippen LogP contribution in [0.2, 0.25) is 0 Å². The number of aromatic hydroxyl groups is 1. The highest BCUT2D eigenvalue weighted by atomic mass is 79.9. The molecule has 12 heteroatoms. The summed E-state index contributed by atoms with van der Waals surface area (Å²) in [5, 5.41) is 12.0. The standard InChI is InChI=1S/C30H25BrN4O5S2/c1-33(2)19-9-3-16(4-10-19)23-24-25(28(39)35(27(24)38)20-11-5-17(31)6-12-20)41-29-26(23)42-30(40)34(29)15-22(37)32-18-7-13-21(36)14-8-18/h3-14,23-25,36H,15H2,1-2H3,(H,32,37). The van der Waals surface area contributed by atoms with Gasteiger partial charge in [0, 0.05) is 40.7 Å². The van der Waals surface area contributed by atoms with E-state index in [1.165, 1.54) is 33.4 Å². The Morgan fingerprint density at radius 3 is 2.26 bits per heavy atom. The molecular weight excluding hydrogens is 640 g/mol. The Kier molecular flexibility index (Phi) is 7.46. The highest BCUT2D eigenvalue weighted by Crippen LogP contribution is 2.54. The van der Waals surface area contributed by atoms with Crippen LogP contribution in [0.1, 0.15) is 16.4 Å². The molecule has 0 bridgehead atoms. The van der Waals surface area contributed by atoms with Gasteiger partial charge in [0.1, 0.15) is 17.5 Å². The normalized spacial score (nSPS) is 19.4. The fraction of sp³-hybridized carbons (Fsp3) is 0.200. The van der Waals surface area contributed by atoms with Crippen LogP contribution in [0.25, 0.3) is 0 Å². The first-order valence-corrected chi connectivity index (χ1v) is 15.5. The van der Waals surface area contributed by atoms with Crippen molar-refractivity contribution >= 4 is 73.8 Å². The first kappa shape index (κ1) is 28.3. The van der Waals surface area contributed by atoms with Crippen molar-refractivity contribution in [3.05, 3.63) is 97.4 Å². The number of thiazole rings is 1. The molecule has 1 fully saturated rings. The number of anilines is 3. The number of aromatic nitrogens is 1. The van der Waals surface area contributed by atoms with Crippen LogP contribution < -0.4 is 20.0 Å². The Morgan fingerprint density at radius 2 is 1.62 bits per heavy atom. The predicted octanol–water partition coefficient (Wildman–Crippen LogP) is 4.88. The number of thioether (sulfide) groups is 1. The minimum atomic E-state index is -0.771. The number of hydrogen-bond acceptors (Lipinski definition) is 8. The highest BCUT2D eigenvalue weighted by Gasteiger charge is 2.56. The van der Waals surface area contributed by atoms with Crippen LogP contribution in [0.5, 0.6) is 5.75 Å². The molecule has 3 heterocycles. The monoisotopic (exact) mass is 664 g/mol. The Morgan fingerprint density at radius 1 is 0.952 bits per heavy atom. The minimum Gasteiger partial charge on any atom is -0.508 e. The molecular formula is C30H25BrN4O5S2. The van der Waals surface area contributed by atoms with Gasteiger partial charge in [0.2, 0.25) is 17.7 Å². The molecule has 214 valence electrons. The van der Waals surface area contributed by atoms with E-state index < -0.39 is 23.0 Å². The molecule has 4 aromatic rings. The number of carbonyl (C=O) groups is 3. The maximum absolute atomic E-state index is 14.0. The molecule has 0 aliphatic carbocycles. The molecule has 3 unspecified atom stereocenters. The van der Waals surface area contributed by atoms with Crippen molar-refractivity contribution < 1.29 is 19.5 Å². The maximum atomic E-state index is 14.0. The summed E-state index contributed by atoms with van der Waals surface area (Å²) in [6, 6.07) is 20.8. The molecule has 3 aromatic carbocycles. The summed E-state index contributed by atoms with van der Waals surface area (Å²) < 4.78 is 2.21. The van der Waals surface area contributed by atoms with E-state index in [0.717, 1.165) is 27.1 Å². The van der Waals surface area contributed by atoms with Crippen molar-refractivity contribution in [1.29, 1.82) is 0 Å². The van der Waals surface area contributed by atoms with Gasteiger partial charge in [-0.05, 0) is 66.2 Å². The zero-order valence-corrected chi connectivity index (χ0v) is 25.7. The van der Waals surface area contributed by atoms with E-state index in [4.69, 9.17) is 0 Å². The number of fused-ring (bicyclic) bond motifs is 2. The van der Waals surface area contributed by atoms with Crippen molar-refractivity contribution in [1.82, 2.24) is 4.57 Å². The third-order valence-electron chi connectivity index (χ3n) is 7.36. The fourth-order valence-corrected chi connectivity index (χ4v) is 8.37. The van der Waals surface area contributed by atoms with Crippen LogP contribution in [0.15, 0.2) is 87.1 Å². The number of rotatable bonds is 6. The summed E-state index contributed by atoms with van der Waals surface area (Å²) in [6.45, 7) is -0.263. The molecule has 3 atom stereocenters. The number of imide groups is 1. The molecule has 2 N–H and O–H groups in total. The Balaban J connectivity index is 1.41. The number of benzene rings is 3. The molecule has 9 nitrogen and oxygen atoms in total. The van der Waals surface area contributed by atoms with Gasteiger partial charge >= 0.3 is 4.87 Å². The second kappa shape index (κ2) is 11.1. The van der Waals surface area contributed by atoms with Gasteiger partial charge in [-0.25, -0.2) is 4.90 Å². The number of nitrogens with zero attached hydrogens (tertiary/aromatic N) is 3. The van der Waals surface area contributed by atoms with E-state index in [1.807, 2.05) is 43.3 Å². The SMILES string of the molecule is CN(C)c1ccc(C2c3sc(=O)n(CC(=O)Nc4ccc(O)cc4)c3SC3C(=O)N(c4ccc(Br)cc4)C(=O)C32)cc1. The van der Waals surface area contributed by atoms with E-state index in [1.54, 1.807) is 36.4 Å². The molecule has 0 spiro atoms. The predicted molar refractivity (Wildman–Crippen MR) is 168 cm³/mol. The van der Waals surface area contributed by atoms with Crippen LogP contribution in [-0.2, 0) is 20.9 Å². The van der Waals surface area contributed by atoms with Gasteiger partial charge in [-0.2, -0.15) is 0 Å². The number of phenols is 1. The third kappa shape index (κ3) is 5.03. The molecule has 1 saturated heterocycles. The lowest BCUT2D eigenvalue weighted by atomic mass is 9.83. The van der Waals surface area contributed by atoms with E-state index in [0.29, 0.717) is 21.3 Å². The summed E-state index contributed by atoms with van der Waals surface area (Å²) in [5.41, 5.74) is 2.75. The van der Waals surface area contributed by atoms with Gasteiger partial charge < -0.3 is 15.3 Å². The number of carbonyl (C=O) groups excluding carboxylic acids is 3. The van der Waals surface area contributed by atoms with Crippen LogP contribution in [-0.4, -0.2) is 46.7 Å². The summed E-state index contributed by atoms with van der Waals surface area (Å²) in [5.74, 6) is -2.29. The zero-order chi connectivity index (χ0) is 29.7. The van der Waals surface area contributed by atoms with Gasteiger partial charge in [0.15, 0.2) is 0 Å². The molecule has 2 aliphatic rings. The average Bonchev–Trinajstić information content (AvgIpc) is 3.41. The third-order valence-corrected chi connectivity index (χ3v) is 10.5. The van der Waals surface area contributed by atoms with Gasteiger partial charge in [0.05, 0.1) is 16.6 Å². The lowest BCUT2D eigenvalue weighted by molar-refractivity contribution is -0.122.